The van der Waals surface area contributed by atoms with Gasteiger partial charge in [-0.15, -0.1) is 0 Å². The summed E-state index contributed by atoms with van der Waals surface area (Å²) in [6.45, 7) is 4.64. The monoisotopic (exact) mass is 231 g/mol. The molecule has 0 aliphatic carbocycles. The van der Waals surface area contributed by atoms with E-state index in [9.17, 15) is 0 Å². The Labute approximate surface area is 103 Å². The summed E-state index contributed by atoms with van der Waals surface area (Å²) in [5, 5.41) is 3.67. The Morgan fingerprint density at radius 1 is 1.35 bits per heavy atom. The van der Waals surface area contributed by atoms with Crippen LogP contribution >= 0.6 is 0 Å². The van der Waals surface area contributed by atoms with Crippen molar-refractivity contribution in [3.8, 4) is 0 Å². The van der Waals surface area contributed by atoms with Crippen molar-refractivity contribution in [1.29, 1.82) is 0 Å². The van der Waals surface area contributed by atoms with Gasteiger partial charge in [-0.1, -0.05) is 0 Å². The van der Waals surface area contributed by atoms with Crippen LogP contribution in [0.2, 0.25) is 0 Å². The van der Waals surface area contributed by atoms with Gasteiger partial charge in [0.05, 0.1) is 0 Å². The molecule has 2 unspecified atom stereocenters. The van der Waals surface area contributed by atoms with Crippen LogP contribution in [0.5, 0.6) is 0 Å². The first-order chi connectivity index (χ1) is 8.31. The number of hydrogen-bond acceptors (Lipinski definition) is 3. The van der Waals surface area contributed by atoms with Crippen LogP contribution in [0.25, 0.3) is 0 Å². The lowest BCUT2D eigenvalue weighted by Gasteiger charge is -2.35. The van der Waals surface area contributed by atoms with Gasteiger partial charge in [-0.2, -0.15) is 0 Å². The van der Waals surface area contributed by atoms with E-state index in [0.29, 0.717) is 6.04 Å². The predicted molar refractivity (Wildman–Crippen MR) is 70.2 cm³/mol. The van der Waals surface area contributed by atoms with Gasteiger partial charge in [0.15, 0.2) is 0 Å². The maximum absolute atomic E-state index is 4.24. The van der Waals surface area contributed by atoms with Gasteiger partial charge in [-0.3, -0.25) is 4.98 Å². The lowest BCUT2D eigenvalue weighted by molar-refractivity contribution is 0.188. The molecule has 17 heavy (non-hydrogen) atoms. The first-order valence-electron chi connectivity index (χ1n) is 6.74. The minimum atomic E-state index is 0.649. The minimum Gasteiger partial charge on any atom is -0.382 e. The van der Waals surface area contributed by atoms with E-state index in [1.54, 1.807) is 0 Å². The molecule has 0 saturated carbocycles. The fourth-order valence-corrected chi connectivity index (χ4v) is 3.23. The summed E-state index contributed by atoms with van der Waals surface area (Å²) in [5.74, 6) is 0. The summed E-state index contributed by atoms with van der Waals surface area (Å²) in [6.07, 6.45) is 7.26. The van der Waals surface area contributed by atoms with Crippen molar-refractivity contribution >= 4 is 5.69 Å². The van der Waals surface area contributed by atoms with Crippen molar-refractivity contribution in [2.75, 3.05) is 18.4 Å². The van der Waals surface area contributed by atoms with Crippen LogP contribution in [0.1, 0.15) is 31.4 Å². The molecule has 2 saturated heterocycles. The van der Waals surface area contributed by atoms with Crippen LogP contribution < -0.4 is 5.32 Å². The van der Waals surface area contributed by atoms with Gasteiger partial charge in [0.25, 0.3) is 0 Å². The lowest BCUT2D eigenvalue weighted by atomic mass is 9.97. The van der Waals surface area contributed by atoms with Crippen molar-refractivity contribution in [3.63, 3.8) is 0 Å². The Bertz CT molecular complexity index is 391. The van der Waals surface area contributed by atoms with Crippen LogP contribution in [0.15, 0.2) is 18.3 Å². The third-order valence-corrected chi connectivity index (χ3v) is 4.09. The number of nitrogens with one attached hydrogen (secondary N) is 1. The first-order valence-corrected chi connectivity index (χ1v) is 6.74. The molecule has 3 heteroatoms. The molecule has 0 radical (unpaired) electrons. The zero-order valence-corrected chi connectivity index (χ0v) is 10.5. The molecule has 1 N–H and O–H groups in total. The number of nitrogens with zero attached hydrogens (tertiary/aromatic N) is 2. The van der Waals surface area contributed by atoms with Gasteiger partial charge in [0.2, 0.25) is 0 Å². The predicted octanol–water partition coefficient (Wildman–Crippen LogP) is 2.43. The second-order valence-corrected chi connectivity index (χ2v) is 5.38. The van der Waals surface area contributed by atoms with Crippen molar-refractivity contribution in [1.82, 2.24) is 9.88 Å². The average Bonchev–Trinajstić information content (AvgIpc) is 2.76. The van der Waals surface area contributed by atoms with Gasteiger partial charge in [-0.05, 0) is 51.3 Å². The molecular weight excluding hydrogens is 210 g/mol. The van der Waals surface area contributed by atoms with Crippen molar-refractivity contribution in [2.45, 2.75) is 44.7 Å². The van der Waals surface area contributed by atoms with E-state index >= 15 is 0 Å². The molecule has 92 valence electrons. The quantitative estimate of drug-likeness (QED) is 0.847. The molecule has 0 spiro atoms. The highest BCUT2D eigenvalue weighted by atomic mass is 15.2. The summed E-state index contributed by atoms with van der Waals surface area (Å²) >= 11 is 0. The number of pyridine rings is 1. The third-order valence-electron chi connectivity index (χ3n) is 4.09. The SMILES string of the molecule is Cc1cc(NC2CCN3CCCC3C2)ccn1. The second kappa shape index (κ2) is 4.65. The number of anilines is 1. The molecule has 0 amide bonds. The fourth-order valence-electron chi connectivity index (χ4n) is 3.23. The number of fused-ring (bicyclic) bond motifs is 1. The molecule has 0 bridgehead atoms. The van der Waals surface area contributed by atoms with E-state index in [0.717, 1.165) is 11.7 Å². The zero-order valence-electron chi connectivity index (χ0n) is 10.5. The van der Waals surface area contributed by atoms with Gasteiger partial charge in [-0.25, -0.2) is 0 Å². The average molecular weight is 231 g/mol. The minimum absolute atomic E-state index is 0.649. The normalized spacial score (nSPS) is 29.0. The van der Waals surface area contributed by atoms with Gasteiger partial charge >= 0.3 is 0 Å². The summed E-state index contributed by atoms with van der Waals surface area (Å²) < 4.78 is 0. The van der Waals surface area contributed by atoms with Gasteiger partial charge in [0, 0.05) is 36.2 Å². The topological polar surface area (TPSA) is 28.2 Å². The van der Waals surface area contributed by atoms with Crippen LogP contribution in [0.4, 0.5) is 5.69 Å². The molecule has 3 heterocycles. The molecule has 2 atom stereocenters. The molecule has 1 aromatic rings. The number of hydrogen-bond donors (Lipinski definition) is 1. The Kier molecular flexibility index (Phi) is 3.02. The highest BCUT2D eigenvalue weighted by molar-refractivity contribution is 5.44. The van der Waals surface area contributed by atoms with Crippen LogP contribution in [0.3, 0.4) is 0 Å². The largest absolute Gasteiger partial charge is 0.382 e. The molecule has 3 rings (SSSR count). The number of rotatable bonds is 2. The molecule has 2 fully saturated rings. The van der Waals surface area contributed by atoms with E-state index in [2.05, 4.69) is 27.3 Å². The Hall–Kier alpha value is -1.09. The highest BCUT2D eigenvalue weighted by Gasteiger charge is 2.31. The Balaban J connectivity index is 1.62. The highest BCUT2D eigenvalue weighted by Crippen LogP contribution is 2.28. The summed E-state index contributed by atoms with van der Waals surface area (Å²) in [7, 11) is 0. The second-order valence-electron chi connectivity index (χ2n) is 5.38. The summed E-state index contributed by atoms with van der Waals surface area (Å²) in [6, 6.07) is 5.70. The molecule has 0 aromatic carbocycles. The number of aromatic nitrogens is 1. The first kappa shape index (κ1) is 11.0. The van der Waals surface area contributed by atoms with Gasteiger partial charge in [0.1, 0.15) is 0 Å². The van der Waals surface area contributed by atoms with Crippen molar-refractivity contribution in [3.05, 3.63) is 24.0 Å². The molecule has 3 nitrogen and oxygen atoms in total. The fraction of sp³-hybridized carbons (Fsp3) is 0.643. The molecular formula is C14H21N3. The molecule has 1 aromatic heterocycles. The number of piperidine rings is 1. The van der Waals surface area contributed by atoms with Crippen molar-refractivity contribution in [2.24, 2.45) is 0 Å². The lowest BCUT2D eigenvalue weighted by Crippen LogP contribution is -2.42. The summed E-state index contributed by atoms with van der Waals surface area (Å²) in [5.41, 5.74) is 2.32. The van der Waals surface area contributed by atoms with Crippen LogP contribution in [0, 0.1) is 6.92 Å². The number of aryl methyl sites for hydroxylation is 1. The summed E-state index contributed by atoms with van der Waals surface area (Å²) in [4.78, 5) is 6.90. The van der Waals surface area contributed by atoms with Gasteiger partial charge < -0.3 is 10.2 Å². The van der Waals surface area contributed by atoms with E-state index in [4.69, 9.17) is 0 Å². The standard InChI is InChI=1S/C14H21N3/c1-11-9-12(4-6-15-11)16-13-5-8-17-7-2-3-14(17)10-13/h4,6,9,13-14H,2-3,5,7-8,10H2,1H3,(H,15,16). The zero-order chi connectivity index (χ0) is 11.7. The van der Waals surface area contributed by atoms with E-state index in [1.165, 1.54) is 44.5 Å². The van der Waals surface area contributed by atoms with Crippen LogP contribution in [-0.2, 0) is 0 Å². The van der Waals surface area contributed by atoms with E-state index in [-0.39, 0.29) is 0 Å². The van der Waals surface area contributed by atoms with E-state index < -0.39 is 0 Å². The smallest absolute Gasteiger partial charge is 0.0393 e. The van der Waals surface area contributed by atoms with Crippen molar-refractivity contribution < 1.29 is 0 Å². The molecule has 2 aliphatic heterocycles. The third kappa shape index (κ3) is 2.44. The molecule has 2 aliphatic rings. The maximum Gasteiger partial charge on any atom is 0.0393 e. The Morgan fingerprint density at radius 2 is 2.29 bits per heavy atom. The Morgan fingerprint density at radius 3 is 3.18 bits per heavy atom. The van der Waals surface area contributed by atoms with Crippen LogP contribution in [-0.4, -0.2) is 35.1 Å². The maximum atomic E-state index is 4.24. The van der Waals surface area contributed by atoms with E-state index in [1.807, 2.05) is 13.1 Å².